The maximum Gasteiger partial charge on any atom is 0.276 e. The van der Waals surface area contributed by atoms with E-state index in [2.05, 4.69) is 40.6 Å². The third kappa shape index (κ3) is 5.21. The third-order valence-corrected chi connectivity index (χ3v) is 8.13. The summed E-state index contributed by atoms with van der Waals surface area (Å²) in [6.07, 6.45) is 5.29. The molecule has 4 N–H and O–H groups in total. The minimum absolute atomic E-state index is 0.141. The van der Waals surface area contributed by atoms with E-state index in [0.29, 0.717) is 52.8 Å². The van der Waals surface area contributed by atoms with Gasteiger partial charge in [0.05, 0.1) is 12.3 Å². The number of aliphatic hydroxyl groups excluding tert-OH is 2. The summed E-state index contributed by atoms with van der Waals surface area (Å²) in [4.78, 5) is 38.0. The standard InChI is InChI=1S/C32H35N7O4/c1-5-27(41)34-20-7-6-8-21(14-20)35-28-31(43)37(4)17-24(36-28)22-9-10-33-29(23(22)18-40)39-12-11-38-25(30(39)42)13-19-15-32(2,3)16-26(19)38/h5-10,13-14,17,31,40,43H,1,11-12,15-16,18H2,2-4H3,(H,34,41)(H,35,36). The lowest BCUT2D eigenvalue weighted by Crippen LogP contribution is -2.42. The smallest absolute Gasteiger partial charge is 0.276 e. The topological polar surface area (TPSA) is 135 Å². The van der Waals surface area contributed by atoms with Gasteiger partial charge < -0.3 is 30.3 Å². The van der Waals surface area contributed by atoms with E-state index in [1.807, 2.05) is 6.07 Å². The molecule has 0 saturated heterocycles. The minimum atomic E-state index is -1.07. The first-order valence-electron chi connectivity index (χ1n) is 14.2. The maximum atomic E-state index is 13.8. The quantitative estimate of drug-likeness (QED) is 0.328. The fraction of sp³-hybridized carbons (Fsp3) is 0.312. The van der Waals surface area contributed by atoms with Gasteiger partial charge in [0, 0.05) is 60.7 Å². The molecule has 2 aliphatic heterocycles. The van der Waals surface area contributed by atoms with Crippen molar-refractivity contribution in [3.8, 4) is 0 Å². The second-order valence-electron chi connectivity index (χ2n) is 11.9. The van der Waals surface area contributed by atoms with Gasteiger partial charge in [-0.15, -0.1) is 0 Å². The van der Waals surface area contributed by atoms with E-state index >= 15 is 0 Å². The molecule has 0 spiro atoms. The van der Waals surface area contributed by atoms with Crippen LogP contribution in [0, 0.1) is 5.41 Å². The van der Waals surface area contributed by atoms with Crippen molar-refractivity contribution >= 4 is 40.5 Å². The first-order chi connectivity index (χ1) is 20.6. The van der Waals surface area contributed by atoms with Crippen molar-refractivity contribution in [3.05, 3.63) is 89.5 Å². The van der Waals surface area contributed by atoms with E-state index in [1.54, 1.807) is 59.6 Å². The van der Waals surface area contributed by atoms with Crippen LogP contribution in [0.15, 0.2) is 66.4 Å². The summed E-state index contributed by atoms with van der Waals surface area (Å²) >= 11 is 0. The van der Waals surface area contributed by atoms with Crippen LogP contribution in [0.4, 0.5) is 17.2 Å². The van der Waals surface area contributed by atoms with Gasteiger partial charge in [0.15, 0.2) is 12.1 Å². The Balaban J connectivity index is 1.31. The maximum absolute atomic E-state index is 13.8. The number of pyridine rings is 1. The summed E-state index contributed by atoms with van der Waals surface area (Å²) in [5.74, 6) is 0.162. The van der Waals surface area contributed by atoms with Gasteiger partial charge >= 0.3 is 0 Å². The normalized spacial score (nSPS) is 18.9. The number of hydrogen-bond acceptors (Lipinski definition) is 8. The van der Waals surface area contributed by atoms with Gasteiger partial charge in [-0.2, -0.15) is 0 Å². The second kappa shape index (κ2) is 10.8. The van der Waals surface area contributed by atoms with Gasteiger partial charge in [-0.1, -0.05) is 26.5 Å². The third-order valence-electron chi connectivity index (χ3n) is 8.13. The van der Waals surface area contributed by atoms with E-state index in [1.165, 1.54) is 17.3 Å². The average Bonchev–Trinajstić information content (AvgIpc) is 3.47. The number of carbonyl (C=O) groups is 2. The highest BCUT2D eigenvalue weighted by Gasteiger charge is 2.37. The number of nitrogens with zero attached hydrogens (tertiary/aromatic N) is 5. The van der Waals surface area contributed by atoms with Crippen LogP contribution in [0.1, 0.15) is 46.7 Å². The molecule has 43 heavy (non-hydrogen) atoms. The monoisotopic (exact) mass is 581 g/mol. The molecule has 1 unspecified atom stereocenters. The number of nitrogens with one attached hydrogen (secondary N) is 2. The van der Waals surface area contributed by atoms with Gasteiger partial charge in [-0.25, -0.2) is 9.98 Å². The highest BCUT2D eigenvalue weighted by atomic mass is 16.3. The molecule has 2 aromatic heterocycles. The zero-order valence-corrected chi connectivity index (χ0v) is 24.5. The van der Waals surface area contributed by atoms with Gasteiger partial charge in [-0.3, -0.25) is 14.5 Å². The number of amides is 2. The molecule has 11 nitrogen and oxygen atoms in total. The fourth-order valence-corrected chi connectivity index (χ4v) is 6.13. The van der Waals surface area contributed by atoms with E-state index in [0.717, 1.165) is 12.8 Å². The van der Waals surface area contributed by atoms with Gasteiger partial charge in [-0.05, 0) is 60.2 Å². The number of hydrogen-bond donors (Lipinski definition) is 4. The molecule has 1 atom stereocenters. The van der Waals surface area contributed by atoms with Gasteiger partial charge in [0.2, 0.25) is 5.91 Å². The molecule has 3 aliphatic rings. The number of aromatic nitrogens is 2. The van der Waals surface area contributed by atoms with Crippen molar-refractivity contribution in [3.63, 3.8) is 0 Å². The highest BCUT2D eigenvalue weighted by molar-refractivity contribution is 6.07. The molecule has 3 aromatic rings. The van der Waals surface area contributed by atoms with Gasteiger partial charge in [0.25, 0.3) is 5.91 Å². The lowest BCUT2D eigenvalue weighted by atomic mass is 9.90. The van der Waals surface area contributed by atoms with Crippen molar-refractivity contribution in [2.24, 2.45) is 10.4 Å². The molecular formula is C32H35N7O4. The van der Waals surface area contributed by atoms with Crippen molar-refractivity contribution in [2.45, 2.75) is 46.1 Å². The Morgan fingerprint density at radius 3 is 2.74 bits per heavy atom. The van der Waals surface area contributed by atoms with Crippen LogP contribution in [0.3, 0.4) is 0 Å². The van der Waals surface area contributed by atoms with Crippen LogP contribution in [-0.2, 0) is 30.8 Å². The molecule has 2 amide bonds. The number of amidine groups is 1. The summed E-state index contributed by atoms with van der Waals surface area (Å²) in [6.45, 7) is 8.70. The summed E-state index contributed by atoms with van der Waals surface area (Å²) in [5.41, 5.74) is 6.02. The molecule has 222 valence electrons. The first-order valence-corrected chi connectivity index (χ1v) is 14.2. The number of benzene rings is 1. The Kier molecular flexibility index (Phi) is 7.15. The van der Waals surface area contributed by atoms with Crippen LogP contribution in [0.2, 0.25) is 0 Å². The van der Waals surface area contributed by atoms with Crippen LogP contribution in [0.25, 0.3) is 5.70 Å². The van der Waals surface area contributed by atoms with E-state index in [4.69, 9.17) is 4.99 Å². The molecule has 0 bridgehead atoms. The summed E-state index contributed by atoms with van der Waals surface area (Å²) < 4.78 is 2.14. The number of likely N-dealkylation sites (N-methyl/N-ethyl adjacent to an activating group) is 1. The highest BCUT2D eigenvalue weighted by Crippen LogP contribution is 2.40. The van der Waals surface area contributed by atoms with Crippen LogP contribution in [-0.4, -0.2) is 62.1 Å². The molecule has 6 rings (SSSR count). The lowest BCUT2D eigenvalue weighted by Gasteiger charge is -2.32. The van der Waals surface area contributed by atoms with Crippen molar-refractivity contribution in [2.75, 3.05) is 29.1 Å². The molecule has 1 aromatic carbocycles. The number of fused-ring (bicyclic) bond motifs is 3. The van der Waals surface area contributed by atoms with Crippen LogP contribution in [0.5, 0.6) is 0 Å². The Labute approximate surface area is 249 Å². The van der Waals surface area contributed by atoms with E-state index in [9.17, 15) is 19.8 Å². The number of aliphatic imine (C=N–C) groups is 1. The van der Waals surface area contributed by atoms with Crippen molar-refractivity contribution in [1.82, 2.24) is 14.5 Å². The van der Waals surface area contributed by atoms with Crippen LogP contribution >= 0.6 is 0 Å². The predicted molar refractivity (Wildman–Crippen MR) is 166 cm³/mol. The Hall–Kier alpha value is -4.74. The molecule has 0 radical (unpaired) electrons. The Morgan fingerprint density at radius 2 is 1.98 bits per heavy atom. The molecule has 4 heterocycles. The number of anilines is 3. The number of carbonyl (C=O) groups excluding carboxylic acids is 2. The lowest BCUT2D eigenvalue weighted by molar-refractivity contribution is -0.111. The largest absolute Gasteiger partial charge is 0.392 e. The molecule has 0 saturated carbocycles. The summed E-state index contributed by atoms with van der Waals surface area (Å²) in [6, 6.07) is 10.8. The number of aliphatic hydroxyl groups is 2. The SMILES string of the molecule is C=CC(=O)Nc1cccc(NC2=NC(c3ccnc(N4CCn5c(cc6c5CC(C)(C)C6)C4=O)c3CO)=CN(C)C2O)c1. The molecular weight excluding hydrogens is 546 g/mol. The van der Waals surface area contributed by atoms with Crippen molar-refractivity contribution in [1.29, 1.82) is 0 Å². The van der Waals surface area contributed by atoms with Crippen LogP contribution < -0.4 is 15.5 Å². The molecule has 11 heteroatoms. The second-order valence-corrected chi connectivity index (χ2v) is 11.9. The van der Waals surface area contributed by atoms with Gasteiger partial charge in [0.1, 0.15) is 11.5 Å². The summed E-state index contributed by atoms with van der Waals surface area (Å²) in [7, 11) is 1.71. The first kappa shape index (κ1) is 28.4. The van der Waals surface area contributed by atoms with E-state index in [-0.39, 0.29) is 29.7 Å². The number of rotatable bonds is 6. The zero-order valence-electron chi connectivity index (χ0n) is 24.5. The average molecular weight is 582 g/mol. The zero-order chi connectivity index (χ0) is 30.5. The molecule has 1 aliphatic carbocycles. The fourth-order valence-electron chi connectivity index (χ4n) is 6.13. The van der Waals surface area contributed by atoms with E-state index < -0.39 is 6.23 Å². The molecule has 0 fully saturated rings. The minimum Gasteiger partial charge on any atom is -0.392 e. The predicted octanol–water partition coefficient (Wildman–Crippen LogP) is 3.36. The Bertz CT molecular complexity index is 1700. The Morgan fingerprint density at radius 1 is 1.19 bits per heavy atom. The van der Waals surface area contributed by atoms with Crippen molar-refractivity contribution < 1.29 is 19.8 Å². The summed E-state index contributed by atoms with van der Waals surface area (Å²) in [5, 5.41) is 27.3.